The first kappa shape index (κ1) is 18.8. The summed E-state index contributed by atoms with van der Waals surface area (Å²) in [5.41, 5.74) is 3.57. The first-order valence-electron chi connectivity index (χ1n) is 7.07. The SMILES string of the molecule is COc1cc(/C=N\NCc2c(Cl)cccc2Cl)c([N+](=O)[O-])cc1OC. The number of hydrazone groups is 1. The second-order valence-electron chi connectivity index (χ2n) is 4.82. The van der Waals surface area contributed by atoms with Crippen LogP contribution in [-0.2, 0) is 6.54 Å². The van der Waals surface area contributed by atoms with Gasteiger partial charge in [0.2, 0.25) is 0 Å². The Hall–Kier alpha value is -2.51. The molecule has 0 spiro atoms. The van der Waals surface area contributed by atoms with Crippen molar-refractivity contribution in [1.29, 1.82) is 0 Å². The smallest absolute Gasteiger partial charge is 0.282 e. The molecule has 0 saturated carbocycles. The second kappa shape index (κ2) is 8.55. The average Bonchev–Trinajstić information content (AvgIpc) is 2.59. The third kappa shape index (κ3) is 4.52. The molecule has 2 aromatic carbocycles. The van der Waals surface area contributed by atoms with Crippen molar-refractivity contribution in [2.45, 2.75) is 6.54 Å². The number of ether oxygens (including phenoxy) is 2. The molecule has 0 radical (unpaired) electrons. The van der Waals surface area contributed by atoms with Crippen molar-refractivity contribution < 1.29 is 14.4 Å². The minimum atomic E-state index is -0.520. The lowest BCUT2D eigenvalue weighted by atomic mass is 10.1. The largest absolute Gasteiger partial charge is 0.493 e. The molecule has 0 unspecified atom stereocenters. The molecule has 0 aliphatic carbocycles. The molecule has 0 fully saturated rings. The van der Waals surface area contributed by atoms with Crippen molar-refractivity contribution in [2.75, 3.05) is 14.2 Å². The highest BCUT2D eigenvalue weighted by molar-refractivity contribution is 6.35. The average molecular weight is 384 g/mol. The predicted octanol–water partition coefficient (Wildman–Crippen LogP) is 4.04. The molecule has 0 heterocycles. The summed E-state index contributed by atoms with van der Waals surface area (Å²) < 4.78 is 10.2. The summed E-state index contributed by atoms with van der Waals surface area (Å²) in [4.78, 5) is 10.7. The van der Waals surface area contributed by atoms with Gasteiger partial charge in [0.15, 0.2) is 11.5 Å². The van der Waals surface area contributed by atoms with E-state index in [0.717, 1.165) is 0 Å². The van der Waals surface area contributed by atoms with Gasteiger partial charge in [-0.05, 0) is 18.2 Å². The Balaban J connectivity index is 2.21. The van der Waals surface area contributed by atoms with Gasteiger partial charge in [0.05, 0.1) is 43.5 Å². The number of nitro groups is 1. The number of nitro benzene ring substituents is 1. The number of hydrogen-bond donors (Lipinski definition) is 1. The monoisotopic (exact) mass is 383 g/mol. The van der Waals surface area contributed by atoms with Gasteiger partial charge >= 0.3 is 0 Å². The molecule has 2 aromatic rings. The fraction of sp³-hybridized carbons (Fsp3) is 0.188. The summed E-state index contributed by atoms with van der Waals surface area (Å²) in [6.45, 7) is 0.274. The summed E-state index contributed by atoms with van der Waals surface area (Å²) >= 11 is 12.1. The molecule has 132 valence electrons. The van der Waals surface area contributed by atoms with E-state index in [-0.39, 0.29) is 23.5 Å². The van der Waals surface area contributed by atoms with Crippen molar-refractivity contribution >= 4 is 35.1 Å². The van der Waals surface area contributed by atoms with Crippen LogP contribution < -0.4 is 14.9 Å². The molecule has 0 saturated heterocycles. The third-order valence-electron chi connectivity index (χ3n) is 3.34. The van der Waals surface area contributed by atoms with Crippen LogP contribution in [0.15, 0.2) is 35.4 Å². The van der Waals surface area contributed by atoms with Crippen molar-refractivity contribution in [3.8, 4) is 11.5 Å². The van der Waals surface area contributed by atoms with E-state index in [9.17, 15) is 10.1 Å². The summed E-state index contributed by atoms with van der Waals surface area (Å²) in [5, 5.41) is 16.2. The Morgan fingerprint density at radius 1 is 1.20 bits per heavy atom. The quantitative estimate of drug-likeness (QED) is 0.442. The Kier molecular flexibility index (Phi) is 6.44. The van der Waals surface area contributed by atoms with E-state index in [2.05, 4.69) is 10.5 Å². The molecule has 1 N–H and O–H groups in total. The third-order valence-corrected chi connectivity index (χ3v) is 4.05. The van der Waals surface area contributed by atoms with Crippen LogP contribution in [-0.4, -0.2) is 25.4 Å². The Bertz CT molecular complexity index is 792. The lowest BCUT2D eigenvalue weighted by molar-refractivity contribution is -0.385. The van der Waals surface area contributed by atoms with Gasteiger partial charge < -0.3 is 14.9 Å². The molecule has 0 bridgehead atoms. The minimum absolute atomic E-state index is 0.154. The van der Waals surface area contributed by atoms with Crippen molar-refractivity contribution in [3.63, 3.8) is 0 Å². The lowest BCUT2D eigenvalue weighted by Gasteiger charge is -2.09. The molecule has 0 aromatic heterocycles. The van der Waals surface area contributed by atoms with Crippen molar-refractivity contribution in [1.82, 2.24) is 5.43 Å². The Morgan fingerprint density at radius 2 is 1.80 bits per heavy atom. The first-order chi connectivity index (χ1) is 12.0. The van der Waals surface area contributed by atoms with Gasteiger partial charge in [0, 0.05) is 15.6 Å². The van der Waals surface area contributed by atoms with E-state index in [1.54, 1.807) is 18.2 Å². The van der Waals surface area contributed by atoms with Gasteiger partial charge in [-0.25, -0.2) is 0 Å². The lowest BCUT2D eigenvalue weighted by Crippen LogP contribution is -2.07. The van der Waals surface area contributed by atoms with Gasteiger partial charge in [-0.15, -0.1) is 0 Å². The molecular formula is C16H15Cl2N3O4. The second-order valence-corrected chi connectivity index (χ2v) is 5.63. The Morgan fingerprint density at radius 3 is 2.36 bits per heavy atom. The summed E-state index contributed by atoms with van der Waals surface area (Å²) in [7, 11) is 2.85. The van der Waals surface area contributed by atoms with Crippen LogP contribution in [0.2, 0.25) is 10.0 Å². The summed E-state index contributed by atoms with van der Waals surface area (Å²) in [5.74, 6) is 0.630. The highest BCUT2D eigenvalue weighted by Gasteiger charge is 2.18. The molecular weight excluding hydrogens is 369 g/mol. The fourth-order valence-corrected chi connectivity index (χ4v) is 2.62. The normalized spacial score (nSPS) is 10.7. The number of halogens is 2. The zero-order chi connectivity index (χ0) is 18.4. The number of nitrogens with zero attached hydrogens (tertiary/aromatic N) is 2. The van der Waals surface area contributed by atoms with Gasteiger partial charge in [0.25, 0.3) is 5.69 Å². The molecule has 7 nitrogen and oxygen atoms in total. The van der Waals surface area contributed by atoms with Gasteiger partial charge in [-0.3, -0.25) is 10.1 Å². The maximum atomic E-state index is 11.2. The number of benzene rings is 2. The standard InChI is InChI=1S/C16H15Cl2N3O4/c1-24-15-6-10(14(21(22)23)7-16(15)25-2)8-19-20-9-11-12(17)4-3-5-13(11)18/h3-8,20H,9H2,1-2H3/b19-8-. The van der Waals surface area contributed by atoms with Crippen molar-refractivity contribution in [2.24, 2.45) is 5.10 Å². The first-order valence-corrected chi connectivity index (χ1v) is 7.82. The predicted molar refractivity (Wildman–Crippen MR) is 97.1 cm³/mol. The highest BCUT2D eigenvalue weighted by atomic mass is 35.5. The van der Waals surface area contributed by atoms with Crippen molar-refractivity contribution in [3.05, 3.63) is 61.6 Å². The Labute approximate surface area is 154 Å². The molecule has 0 aliphatic heterocycles. The summed E-state index contributed by atoms with van der Waals surface area (Å²) in [6.07, 6.45) is 1.32. The van der Waals surface area contributed by atoms with E-state index >= 15 is 0 Å². The maximum Gasteiger partial charge on any atom is 0.282 e. The number of nitrogens with one attached hydrogen (secondary N) is 1. The molecule has 25 heavy (non-hydrogen) atoms. The number of methoxy groups -OCH3 is 2. The van der Waals surface area contributed by atoms with Gasteiger partial charge in [0.1, 0.15) is 0 Å². The minimum Gasteiger partial charge on any atom is -0.493 e. The zero-order valence-corrected chi connectivity index (χ0v) is 15.0. The van der Waals surface area contributed by atoms with Gasteiger partial charge in [-0.2, -0.15) is 5.10 Å². The van der Waals surface area contributed by atoms with E-state index < -0.39 is 4.92 Å². The van der Waals surface area contributed by atoms with Crippen LogP contribution in [0.1, 0.15) is 11.1 Å². The number of rotatable bonds is 7. The van der Waals surface area contributed by atoms with Gasteiger partial charge in [-0.1, -0.05) is 29.3 Å². The van der Waals surface area contributed by atoms with E-state index in [4.69, 9.17) is 32.7 Å². The fourth-order valence-electron chi connectivity index (χ4n) is 2.09. The van der Waals surface area contributed by atoms with E-state index in [1.807, 2.05) is 0 Å². The van der Waals surface area contributed by atoms with E-state index in [1.165, 1.54) is 32.6 Å². The van der Waals surface area contributed by atoms with Crippen LogP contribution >= 0.6 is 23.2 Å². The van der Waals surface area contributed by atoms with Crippen LogP contribution in [0.4, 0.5) is 5.69 Å². The topological polar surface area (TPSA) is 86.0 Å². The van der Waals surface area contributed by atoms with E-state index in [0.29, 0.717) is 21.4 Å². The van der Waals surface area contributed by atoms with Crippen LogP contribution in [0.3, 0.4) is 0 Å². The summed E-state index contributed by atoms with van der Waals surface area (Å²) in [6, 6.07) is 7.93. The van der Waals surface area contributed by atoms with Crippen LogP contribution in [0.5, 0.6) is 11.5 Å². The molecule has 0 amide bonds. The number of hydrogen-bond acceptors (Lipinski definition) is 6. The molecule has 0 atom stereocenters. The zero-order valence-electron chi connectivity index (χ0n) is 13.5. The molecule has 0 aliphatic rings. The van der Waals surface area contributed by atoms with Crippen LogP contribution in [0, 0.1) is 10.1 Å². The maximum absolute atomic E-state index is 11.2. The molecule has 9 heteroatoms. The molecule has 2 rings (SSSR count). The highest BCUT2D eigenvalue weighted by Crippen LogP contribution is 2.33. The van der Waals surface area contributed by atoms with Crippen LogP contribution in [0.25, 0.3) is 0 Å².